The Hall–Kier alpha value is -4.25. The van der Waals surface area contributed by atoms with Crippen molar-refractivity contribution in [3.63, 3.8) is 0 Å². The van der Waals surface area contributed by atoms with Crippen molar-refractivity contribution in [2.45, 2.75) is 34.1 Å². The van der Waals surface area contributed by atoms with Crippen LogP contribution in [0.4, 0.5) is 15.8 Å². The largest absolute Gasteiger partial charge is 0.352 e. The summed E-state index contributed by atoms with van der Waals surface area (Å²) in [5, 5.41) is 2.84. The lowest BCUT2D eigenvalue weighted by Crippen LogP contribution is -2.29. The van der Waals surface area contributed by atoms with Crippen molar-refractivity contribution in [2.24, 2.45) is 0 Å². The molecule has 3 aromatic carbocycles. The lowest BCUT2D eigenvalue weighted by molar-refractivity contribution is -0.117. The number of hydrogen-bond acceptors (Lipinski definition) is 3. The van der Waals surface area contributed by atoms with Crippen molar-refractivity contribution in [3.8, 4) is 0 Å². The Morgan fingerprint density at radius 1 is 1.08 bits per heavy atom. The van der Waals surface area contributed by atoms with Gasteiger partial charge in [0.25, 0.3) is 5.91 Å². The molecule has 188 valence electrons. The van der Waals surface area contributed by atoms with Crippen LogP contribution in [0.5, 0.6) is 0 Å². The van der Waals surface area contributed by atoms with E-state index >= 15 is 0 Å². The smallest absolute Gasteiger partial charge is 0.253 e. The van der Waals surface area contributed by atoms with Gasteiger partial charge in [-0.15, -0.1) is 0 Å². The molecule has 1 aliphatic heterocycles. The summed E-state index contributed by atoms with van der Waals surface area (Å²) >= 11 is 0. The molecule has 37 heavy (non-hydrogen) atoms. The van der Waals surface area contributed by atoms with Gasteiger partial charge in [-0.1, -0.05) is 50.4 Å². The number of benzene rings is 3. The molecule has 0 atom stereocenters. The van der Waals surface area contributed by atoms with Crippen LogP contribution in [0, 0.1) is 19.7 Å². The van der Waals surface area contributed by atoms with E-state index in [2.05, 4.69) is 18.5 Å². The number of nitrogens with zero attached hydrogens (tertiary/aromatic N) is 1. The maximum absolute atomic E-state index is 15.0. The molecule has 0 saturated heterocycles. The molecule has 0 aromatic heterocycles. The lowest BCUT2D eigenvalue weighted by atomic mass is 9.87. The molecule has 0 fully saturated rings. The third kappa shape index (κ3) is 4.53. The SMILES string of the molecule is C=C(c1cc(N2C=C(C(=O)NCC)C(=C)c3cc(F)c(C)c(CC)c32)ccc1C)c1ccccc1C=O. The van der Waals surface area contributed by atoms with E-state index in [1.54, 1.807) is 19.2 Å². The highest BCUT2D eigenvalue weighted by molar-refractivity contribution is 6.12. The highest BCUT2D eigenvalue weighted by Crippen LogP contribution is 2.45. The molecule has 4 nitrogen and oxygen atoms in total. The molecule has 1 heterocycles. The molecule has 0 saturated carbocycles. The highest BCUT2D eigenvalue weighted by atomic mass is 19.1. The van der Waals surface area contributed by atoms with Gasteiger partial charge >= 0.3 is 0 Å². The van der Waals surface area contributed by atoms with Crippen LogP contribution in [-0.2, 0) is 11.2 Å². The van der Waals surface area contributed by atoms with Gasteiger partial charge in [-0.05, 0) is 84.4 Å². The number of rotatable bonds is 7. The van der Waals surface area contributed by atoms with Gasteiger partial charge in [0, 0.05) is 29.6 Å². The van der Waals surface area contributed by atoms with Crippen LogP contribution in [0.1, 0.15) is 57.6 Å². The van der Waals surface area contributed by atoms with E-state index < -0.39 is 0 Å². The molecule has 4 rings (SSSR count). The first kappa shape index (κ1) is 25.8. The highest BCUT2D eigenvalue weighted by Gasteiger charge is 2.30. The molecule has 0 aliphatic carbocycles. The van der Waals surface area contributed by atoms with Crippen LogP contribution in [0.2, 0.25) is 0 Å². The van der Waals surface area contributed by atoms with E-state index in [0.717, 1.165) is 45.5 Å². The quantitative estimate of drug-likeness (QED) is 0.358. The van der Waals surface area contributed by atoms with Crippen LogP contribution < -0.4 is 10.2 Å². The third-order valence-electron chi connectivity index (χ3n) is 6.95. The predicted molar refractivity (Wildman–Crippen MR) is 150 cm³/mol. The number of aryl methyl sites for hydroxylation is 1. The fraction of sp³-hybridized carbons (Fsp3) is 0.188. The monoisotopic (exact) mass is 494 g/mol. The fourth-order valence-corrected chi connectivity index (χ4v) is 4.90. The third-order valence-corrected chi connectivity index (χ3v) is 6.95. The summed E-state index contributed by atoms with van der Waals surface area (Å²) in [5.74, 6) is -0.587. The number of fused-ring (bicyclic) bond motifs is 1. The maximum Gasteiger partial charge on any atom is 0.253 e. The summed E-state index contributed by atoms with van der Waals surface area (Å²) in [6, 6.07) is 14.8. The minimum Gasteiger partial charge on any atom is -0.352 e. The van der Waals surface area contributed by atoms with Crippen molar-refractivity contribution in [3.05, 3.63) is 118 Å². The molecule has 0 radical (unpaired) electrons. The first-order valence-corrected chi connectivity index (χ1v) is 12.4. The fourth-order valence-electron chi connectivity index (χ4n) is 4.90. The Balaban J connectivity index is 1.95. The zero-order valence-electron chi connectivity index (χ0n) is 21.7. The van der Waals surface area contributed by atoms with Crippen LogP contribution in [0.3, 0.4) is 0 Å². The van der Waals surface area contributed by atoms with Crippen LogP contribution in [-0.4, -0.2) is 18.7 Å². The van der Waals surface area contributed by atoms with E-state index in [4.69, 9.17) is 0 Å². The van der Waals surface area contributed by atoms with E-state index in [9.17, 15) is 14.0 Å². The molecular weight excluding hydrogens is 463 g/mol. The van der Waals surface area contributed by atoms with E-state index in [0.29, 0.717) is 40.8 Å². The summed E-state index contributed by atoms with van der Waals surface area (Å²) in [4.78, 5) is 26.6. The summed E-state index contributed by atoms with van der Waals surface area (Å²) < 4.78 is 15.0. The zero-order valence-corrected chi connectivity index (χ0v) is 21.7. The van der Waals surface area contributed by atoms with Gasteiger partial charge in [0.15, 0.2) is 6.29 Å². The molecule has 0 bridgehead atoms. The first-order chi connectivity index (χ1) is 17.7. The van der Waals surface area contributed by atoms with Gasteiger partial charge in [0.05, 0.1) is 11.3 Å². The van der Waals surface area contributed by atoms with Crippen molar-refractivity contribution in [1.29, 1.82) is 0 Å². The van der Waals surface area contributed by atoms with Crippen molar-refractivity contribution >= 4 is 34.7 Å². The van der Waals surface area contributed by atoms with Gasteiger partial charge in [-0.3, -0.25) is 9.59 Å². The number of hydrogen-bond donors (Lipinski definition) is 1. The Kier molecular flexibility index (Phi) is 7.25. The number of carbonyl (C=O) groups is 2. The van der Waals surface area contributed by atoms with Gasteiger partial charge < -0.3 is 10.2 Å². The average Bonchev–Trinajstić information content (AvgIpc) is 2.90. The van der Waals surface area contributed by atoms with Crippen LogP contribution in [0.15, 0.2) is 73.5 Å². The van der Waals surface area contributed by atoms with E-state index in [1.165, 1.54) is 6.07 Å². The van der Waals surface area contributed by atoms with Crippen molar-refractivity contribution < 1.29 is 14.0 Å². The van der Waals surface area contributed by atoms with Gasteiger partial charge in [-0.25, -0.2) is 4.39 Å². The molecule has 1 amide bonds. The molecule has 5 heteroatoms. The van der Waals surface area contributed by atoms with Crippen molar-refractivity contribution in [2.75, 3.05) is 11.4 Å². The molecular formula is C32H31FN2O2. The lowest BCUT2D eigenvalue weighted by Gasteiger charge is -2.33. The normalized spacial score (nSPS) is 12.6. The molecule has 0 spiro atoms. The first-order valence-electron chi connectivity index (χ1n) is 12.4. The standard InChI is InChI=1S/C32H31FN2O2/c1-7-25-22(6)30(33)16-28-21(5)29(32(37)34-8-2)17-35(31(25)28)24-14-13-19(3)27(15-24)20(4)26-12-10-9-11-23(26)18-36/h9-18H,4-5,7-8H2,1-3,6H3,(H,34,37). The molecule has 1 aliphatic rings. The van der Waals surface area contributed by atoms with E-state index in [1.807, 2.05) is 62.1 Å². The van der Waals surface area contributed by atoms with Crippen LogP contribution >= 0.6 is 0 Å². The minimum absolute atomic E-state index is 0.265. The maximum atomic E-state index is 15.0. The van der Waals surface area contributed by atoms with Gasteiger partial charge in [0.1, 0.15) is 5.82 Å². The summed E-state index contributed by atoms with van der Waals surface area (Å²) in [7, 11) is 0. The molecule has 3 aromatic rings. The van der Waals surface area contributed by atoms with Gasteiger partial charge in [-0.2, -0.15) is 0 Å². The number of anilines is 2. The predicted octanol–water partition coefficient (Wildman–Crippen LogP) is 7.06. The second kappa shape index (κ2) is 10.4. The summed E-state index contributed by atoms with van der Waals surface area (Å²) in [5.41, 5.74) is 8.42. The number of carbonyl (C=O) groups excluding carboxylic acids is 2. The summed E-state index contributed by atoms with van der Waals surface area (Å²) in [6.07, 6.45) is 3.22. The number of likely N-dealkylation sites (N-methyl/N-ethyl adjacent to an activating group) is 1. The average molecular weight is 495 g/mol. The summed E-state index contributed by atoms with van der Waals surface area (Å²) in [6.45, 7) is 16.5. The number of aldehydes is 1. The zero-order chi connectivity index (χ0) is 26.9. The topological polar surface area (TPSA) is 49.4 Å². The number of halogens is 1. The minimum atomic E-state index is -0.322. The molecule has 1 N–H and O–H groups in total. The Morgan fingerprint density at radius 2 is 1.81 bits per heavy atom. The number of amides is 1. The Morgan fingerprint density at radius 3 is 2.49 bits per heavy atom. The van der Waals surface area contributed by atoms with Crippen LogP contribution in [0.25, 0.3) is 11.1 Å². The van der Waals surface area contributed by atoms with E-state index in [-0.39, 0.29) is 11.7 Å². The second-order valence-corrected chi connectivity index (χ2v) is 9.15. The second-order valence-electron chi connectivity index (χ2n) is 9.15. The number of nitrogens with one attached hydrogen (secondary N) is 1. The Bertz CT molecular complexity index is 1480. The van der Waals surface area contributed by atoms with Gasteiger partial charge in [0.2, 0.25) is 0 Å². The van der Waals surface area contributed by atoms with Crippen molar-refractivity contribution in [1.82, 2.24) is 5.32 Å². The Labute approximate surface area is 217 Å². The molecule has 0 unspecified atom stereocenters.